The smallest absolute Gasteiger partial charge is 0.412 e. The molecule has 5 nitrogen and oxygen atoms in total. The Balaban J connectivity index is 2.94. The lowest BCUT2D eigenvalue weighted by molar-refractivity contribution is -0.142. The molecule has 0 spiro atoms. The van der Waals surface area contributed by atoms with Gasteiger partial charge in [0.25, 0.3) is 0 Å². The fraction of sp³-hybridized carbons (Fsp3) is 0.500. The molecule has 0 atom stereocenters. The second kappa shape index (κ2) is 5.76. The summed E-state index contributed by atoms with van der Waals surface area (Å²) in [5.74, 6) is -0.894. The van der Waals surface area contributed by atoms with Crippen molar-refractivity contribution in [2.75, 3.05) is 5.32 Å². The number of hydrogen-bond acceptors (Lipinski definition) is 3. The molecule has 0 aliphatic carbocycles. The van der Waals surface area contributed by atoms with Crippen LogP contribution in [0.4, 0.5) is 10.5 Å². The lowest BCUT2D eigenvalue weighted by atomic mass is 9.84. The lowest BCUT2D eigenvalue weighted by Gasteiger charge is -2.22. The summed E-state index contributed by atoms with van der Waals surface area (Å²) in [6, 6.07) is 5.16. The van der Waals surface area contributed by atoms with Crippen molar-refractivity contribution >= 4 is 17.7 Å². The standard InChI is InChI=1S/C16H23NO4/c1-10-9-11(16(5,6)13(18)19)7-8-12(10)17-14(20)21-15(2,3)4/h7-9H,1-6H3,(H,17,20)(H,18,19). The van der Waals surface area contributed by atoms with Crippen LogP contribution in [-0.4, -0.2) is 22.8 Å². The topological polar surface area (TPSA) is 75.6 Å². The second-order valence-electron chi connectivity index (χ2n) is 6.59. The average molecular weight is 293 g/mol. The number of carboxylic acid groups (broad SMARTS) is 1. The predicted molar refractivity (Wildman–Crippen MR) is 81.7 cm³/mol. The van der Waals surface area contributed by atoms with Gasteiger partial charge in [0.05, 0.1) is 5.41 Å². The van der Waals surface area contributed by atoms with Gasteiger partial charge in [0.15, 0.2) is 0 Å². The van der Waals surface area contributed by atoms with Crippen LogP contribution in [0.15, 0.2) is 18.2 Å². The Morgan fingerprint density at radius 1 is 1.14 bits per heavy atom. The Kier molecular flexibility index (Phi) is 4.66. The van der Waals surface area contributed by atoms with Crippen LogP contribution in [-0.2, 0) is 14.9 Å². The monoisotopic (exact) mass is 293 g/mol. The molecule has 0 saturated carbocycles. The predicted octanol–water partition coefficient (Wildman–Crippen LogP) is 3.70. The number of ether oxygens (including phenoxy) is 1. The number of aryl methyl sites for hydroxylation is 1. The van der Waals surface area contributed by atoms with Crippen LogP contribution in [0.1, 0.15) is 45.7 Å². The minimum atomic E-state index is -0.977. The maximum absolute atomic E-state index is 11.7. The van der Waals surface area contributed by atoms with Gasteiger partial charge in [-0.2, -0.15) is 0 Å². The molecule has 116 valence electrons. The van der Waals surface area contributed by atoms with E-state index in [2.05, 4.69) is 5.32 Å². The van der Waals surface area contributed by atoms with E-state index in [0.717, 1.165) is 5.56 Å². The summed E-state index contributed by atoms with van der Waals surface area (Å²) < 4.78 is 5.19. The van der Waals surface area contributed by atoms with Gasteiger partial charge < -0.3 is 9.84 Å². The van der Waals surface area contributed by atoms with Gasteiger partial charge in [-0.05, 0) is 58.7 Å². The average Bonchev–Trinajstić information content (AvgIpc) is 2.28. The molecule has 1 aromatic rings. The Labute approximate surface area is 125 Å². The maximum Gasteiger partial charge on any atom is 0.412 e. The van der Waals surface area contributed by atoms with Gasteiger partial charge in [-0.25, -0.2) is 4.79 Å². The fourth-order valence-electron chi connectivity index (χ4n) is 1.73. The van der Waals surface area contributed by atoms with Gasteiger partial charge in [-0.15, -0.1) is 0 Å². The van der Waals surface area contributed by atoms with Crippen LogP contribution in [0.2, 0.25) is 0 Å². The Bertz CT molecular complexity index is 556. The van der Waals surface area contributed by atoms with Crippen LogP contribution < -0.4 is 5.32 Å². The zero-order valence-electron chi connectivity index (χ0n) is 13.4. The first-order valence-corrected chi connectivity index (χ1v) is 6.78. The van der Waals surface area contributed by atoms with Crippen molar-refractivity contribution in [1.29, 1.82) is 0 Å². The van der Waals surface area contributed by atoms with Crippen molar-refractivity contribution in [1.82, 2.24) is 0 Å². The molecule has 0 aliphatic heterocycles. The fourth-order valence-corrected chi connectivity index (χ4v) is 1.73. The summed E-state index contributed by atoms with van der Waals surface area (Å²) in [6.07, 6.45) is -0.532. The normalized spacial score (nSPS) is 11.9. The third-order valence-electron chi connectivity index (χ3n) is 3.12. The van der Waals surface area contributed by atoms with Crippen LogP contribution in [0.25, 0.3) is 0 Å². The first-order chi connectivity index (χ1) is 9.43. The van der Waals surface area contributed by atoms with Gasteiger partial charge in [0.1, 0.15) is 5.60 Å². The number of benzene rings is 1. The number of anilines is 1. The van der Waals surface area contributed by atoms with E-state index in [1.54, 1.807) is 52.8 Å². The highest BCUT2D eigenvalue weighted by Gasteiger charge is 2.29. The summed E-state index contributed by atoms with van der Waals surface area (Å²) in [7, 11) is 0. The van der Waals surface area contributed by atoms with Crippen LogP contribution >= 0.6 is 0 Å². The number of nitrogens with one attached hydrogen (secondary N) is 1. The number of carboxylic acids is 1. The van der Waals surface area contributed by atoms with E-state index in [4.69, 9.17) is 4.74 Å². The Morgan fingerprint density at radius 3 is 2.14 bits per heavy atom. The van der Waals surface area contributed by atoms with Crippen LogP contribution in [0.5, 0.6) is 0 Å². The third kappa shape index (κ3) is 4.48. The first-order valence-electron chi connectivity index (χ1n) is 6.78. The number of carbonyl (C=O) groups excluding carboxylic acids is 1. The molecule has 1 rings (SSSR count). The minimum Gasteiger partial charge on any atom is -0.481 e. The molecule has 2 N–H and O–H groups in total. The highest BCUT2D eigenvalue weighted by atomic mass is 16.6. The summed E-state index contributed by atoms with van der Waals surface area (Å²) >= 11 is 0. The zero-order valence-corrected chi connectivity index (χ0v) is 13.4. The van der Waals surface area contributed by atoms with E-state index >= 15 is 0 Å². The van der Waals surface area contributed by atoms with E-state index in [0.29, 0.717) is 11.3 Å². The van der Waals surface area contributed by atoms with Gasteiger partial charge in [-0.3, -0.25) is 10.1 Å². The van der Waals surface area contributed by atoms with E-state index in [-0.39, 0.29) is 0 Å². The van der Waals surface area contributed by atoms with Gasteiger partial charge in [-0.1, -0.05) is 12.1 Å². The number of amides is 1. The molecule has 0 radical (unpaired) electrons. The van der Waals surface area contributed by atoms with Gasteiger partial charge in [0, 0.05) is 5.69 Å². The van der Waals surface area contributed by atoms with Gasteiger partial charge in [0.2, 0.25) is 0 Å². The Hall–Kier alpha value is -2.04. The molecule has 0 fully saturated rings. The van der Waals surface area contributed by atoms with E-state index in [1.807, 2.05) is 6.92 Å². The molecule has 0 heterocycles. The van der Waals surface area contributed by atoms with Crippen LogP contribution in [0.3, 0.4) is 0 Å². The first kappa shape index (κ1) is 17.0. The molecule has 21 heavy (non-hydrogen) atoms. The van der Waals surface area contributed by atoms with Crippen molar-refractivity contribution in [3.8, 4) is 0 Å². The van der Waals surface area contributed by atoms with E-state index in [1.165, 1.54) is 0 Å². The molecular weight excluding hydrogens is 270 g/mol. The number of rotatable bonds is 3. The summed E-state index contributed by atoms with van der Waals surface area (Å²) in [5, 5.41) is 11.9. The molecule has 1 amide bonds. The Morgan fingerprint density at radius 2 is 1.71 bits per heavy atom. The van der Waals surface area contributed by atoms with Crippen molar-refractivity contribution in [3.63, 3.8) is 0 Å². The van der Waals surface area contributed by atoms with Crippen molar-refractivity contribution in [2.24, 2.45) is 0 Å². The number of carbonyl (C=O) groups is 2. The quantitative estimate of drug-likeness (QED) is 0.891. The van der Waals surface area contributed by atoms with E-state index in [9.17, 15) is 14.7 Å². The van der Waals surface area contributed by atoms with Crippen molar-refractivity contribution in [2.45, 2.75) is 52.6 Å². The molecule has 5 heteroatoms. The SMILES string of the molecule is Cc1cc(C(C)(C)C(=O)O)ccc1NC(=O)OC(C)(C)C. The maximum atomic E-state index is 11.7. The summed E-state index contributed by atoms with van der Waals surface area (Å²) in [6.45, 7) is 10.5. The minimum absolute atomic E-state index is 0.532. The molecule has 1 aromatic carbocycles. The molecule has 0 aromatic heterocycles. The molecule has 0 bridgehead atoms. The lowest BCUT2D eigenvalue weighted by Crippen LogP contribution is -2.29. The highest BCUT2D eigenvalue weighted by Crippen LogP contribution is 2.27. The molecule has 0 unspecified atom stereocenters. The molecular formula is C16H23NO4. The molecule has 0 aliphatic rings. The third-order valence-corrected chi connectivity index (χ3v) is 3.12. The molecule has 0 saturated heterocycles. The summed E-state index contributed by atoms with van der Waals surface area (Å²) in [5.41, 5.74) is 0.530. The highest BCUT2D eigenvalue weighted by molar-refractivity contribution is 5.86. The number of aliphatic carboxylic acids is 1. The largest absolute Gasteiger partial charge is 0.481 e. The zero-order chi connectivity index (χ0) is 16.4. The van der Waals surface area contributed by atoms with E-state index < -0.39 is 23.1 Å². The van der Waals surface area contributed by atoms with Crippen molar-refractivity contribution in [3.05, 3.63) is 29.3 Å². The number of hydrogen-bond donors (Lipinski definition) is 2. The van der Waals surface area contributed by atoms with Crippen molar-refractivity contribution < 1.29 is 19.4 Å². The summed E-state index contributed by atoms with van der Waals surface area (Å²) in [4.78, 5) is 23.0. The van der Waals surface area contributed by atoms with Crippen LogP contribution in [0, 0.1) is 6.92 Å². The second-order valence-corrected chi connectivity index (χ2v) is 6.59. The van der Waals surface area contributed by atoms with Gasteiger partial charge >= 0.3 is 12.1 Å².